The standard InChI is InChI=1S/C19H20N2O3S/c1-2-3-13-25(22,23)21-18-8-4-5-9-19(18)24-16-10-11-17-15(14-16)7-6-12-20-17/h4-12,14,21H,2-3,13H2,1H3. The fraction of sp³-hybridized carbons (Fsp3) is 0.211. The van der Waals surface area contributed by atoms with Gasteiger partial charge in [0.05, 0.1) is 17.0 Å². The minimum atomic E-state index is -3.39. The number of anilines is 1. The van der Waals surface area contributed by atoms with Crippen LogP contribution in [-0.2, 0) is 10.0 Å². The third-order valence-electron chi connectivity index (χ3n) is 3.72. The van der Waals surface area contributed by atoms with Gasteiger partial charge in [-0.05, 0) is 42.8 Å². The number of fused-ring (bicyclic) bond motifs is 1. The lowest BCUT2D eigenvalue weighted by molar-refractivity contribution is 0.485. The molecule has 0 atom stereocenters. The fourth-order valence-electron chi connectivity index (χ4n) is 2.44. The van der Waals surface area contributed by atoms with E-state index in [0.717, 1.165) is 17.3 Å². The zero-order valence-corrected chi connectivity index (χ0v) is 14.8. The molecule has 2 aromatic carbocycles. The molecule has 25 heavy (non-hydrogen) atoms. The number of ether oxygens (including phenoxy) is 1. The van der Waals surface area contributed by atoms with Crippen molar-refractivity contribution in [3.63, 3.8) is 0 Å². The second kappa shape index (κ2) is 7.53. The first-order chi connectivity index (χ1) is 12.1. The predicted octanol–water partition coefficient (Wildman–Crippen LogP) is 4.57. The Kier molecular flexibility index (Phi) is 5.19. The number of nitrogens with zero attached hydrogens (tertiary/aromatic N) is 1. The Morgan fingerprint density at radius 2 is 1.92 bits per heavy atom. The van der Waals surface area contributed by atoms with E-state index in [9.17, 15) is 8.42 Å². The number of sulfonamides is 1. The number of nitrogens with one attached hydrogen (secondary N) is 1. The van der Waals surface area contributed by atoms with Crippen LogP contribution in [0.2, 0.25) is 0 Å². The van der Waals surface area contributed by atoms with Crippen LogP contribution in [0.25, 0.3) is 10.9 Å². The Balaban J connectivity index is 1.85. The molecule has 0 saturated heterocycles. The maximum absolute atomic E-state index is 12.2. The quantitative estimate of drug-likeness (QED) is 0.673. The molecule has 1 aromatic heterocycles. The molecule has 1 heterocycles. The number of pyridine rings is 1. The molecule has 0 aliphatic rings. The second-order valence-electron chi connectivity index (χ2n) is 5.73. The van der Waals surface area contributed by atoms with Crippen molar-refractivity contribution in [2.24, 2.45) is 0 Å². The van der Waals surface area contributed by atoms with Gasteiger partial charge in [-0.2, -0.15) is 0 Å². The summed E-state index contributed by atoms with van der Waals surface area (Å²) in [5, 5.41) is 0.959. The van der Waals surface area contributed by atoms with Crippen LogP contribution in [0.15, 0.2) is 60.8 Å². The third kappa shape index (κ3) is 4.48. The summed E-state index contributed by atoms with van der Waals surface area (Å²) in [7, 11) is -3.39. The maximum atomic E-state index is 12.2. The molecule has 3 rings (SSSR count). The molecule has 0 amide bonds. The van der Waals surface area contributed by atoms with Crippen LogP contribution >= 0.6 is 0 Å². The van der Waals surface area contributed by atoms with E-state index in [2.05, 4.69) is 9.71 Å². The van der Waals surface area contributed by atoms with Crippen molar-refractivity contribution in [1.82, 2.24) is 4.98 Å². The van der Waals surface area contributed by atoms with E-state index in [0.29, 0.717) is 23.6 Å². The highest BCUT2D eigenvalue weighted by molar-refractivity contribution is 7.92. The molecular formula is C19H20N2O3S. The lowest BCUT2D eigenvalue weighted by Crippen LogP contribution is -2.16. The smallest absolute Gasteiger partial charge is 0.232 e. The average Bonchev–Trinajstić information content (AvgIpc) is 2.61. The zero-order valence-electron chi connectivity index (χ0n) is 14.0. The van der Waals surface area contributed by atoms with Crippen LogP contribution in [0, 0.1) is 0 Å². The zero-order chi connectivity index (χ0) is 17.7. The first-order valence-corrected chi connectivity index (χ1v) is 9.85. The van der Waals surface area contributed by atoms with E-state index in [1.165, 1.54) is 0 Å². The predicted molar refractivity (Wildman–Crippen MR) is 101 cm³/mol. The van der Waals surface area contributed by atoms with Gasteiger partial charge in [0.15, 0.2) is 5.75 Å². The van der Waals surface area contributed by atoms with Gasteiger partial charge in [0.2, 0.25) is 10.0 Å². The minimum Gasteiger partial charge on any atom is -0.455 e. The molecule has 5 nitrogen and oxygen atoms in total. The molecule has 0 bridgehead atoms. The van der Waals surface area contributed by atoms with Crippen molar-refractivity contribution < 1.29 is 13.2 Å². The van der Waals surface area contributed by atoms with Crippen molar-refractivity contribution >= 4 is 26.6 Å². The van der Waals surface area contributed by atoms with Crippen molar-refractivity contribution in [3.05, 3.63) is 60.8 Å². The summed E-state index contributed by atoms with van der Waals surface area (Å²) >= 11 is 0. The number of hydrogen-bond donors (Lipinski definition) is 1. The number of para-hydroxylation sites is 2. The number of benzene rings is 2. The molecule has 0 spiro atoms. The summed E-state index contributed by atoms with van der Waals surface area (Å²) in [5.41, 5.74) is 1.31. The number of hydrogen-bond acceptors (Lipinski definition) is 4. The van der Waals surface area contributed by atoms with Gasteiger partial charge in [-0.25, -0.2) is 8.42 Å². The van der Waals surface area contributed by atoms with E-state index < -0.39 is 10.0 Å². The van der Waals surface area contributed by atoms with Gasteiger partial charge in [-0.15, -0.1) is 0 Å². The molecule has 0 aliphatic carbocycles. The van der Waals surface area contributed by atoms with E-state index in [-0.39, 0.29) is 5.75 Å². The lowest BCUT2D eigenvalue weighted by atomic mass is 10.2. The number of aromatic nitrogens is 1. The Morgan fingerprint density at radius 3 is 2.76 bits per heavy atom. The first-order valence-electron chi connectivity index (χ1n) is 8.19. The summed E-state index contributed by atoms with van der Waals surface area (Å²) in [6, 6.07) is 16.4. The normalized spacial score (nSPS) is 11.4. The lowest BCUT2D eigenvalue weighted by Gasteiger charge is -2.13. The van der Waals surface area contributed by atoms with Gasteiger partial charge in [0.25, 0.3) is 0 Å². The van der Waals surface area contributed by atoms with Crippen LogP contribution < -0.4 is 9.46 Å². The summed E-state index contributed by atoms with van der Waals surface area (Å²) in [4.78, 5) is 4.28. The van der Waals surface area contributed by atoms with Crippen LogP contribution in [0.4, 0.5) is 5.69 Å². The second-order valence-corrected chi connectivity index (χ2v) is 7.57. The van der Waals surface area contributed by atoms with Crippen LogP contribution in [0.3, 0.4) is 0 Å². The van der Waals surface area contributed by atoms with Gasteiger partial charge in [0.1, 0.15) is 5.75 Å². The summed E-state index contributed by atoms with van der Waals surface area (Å²) in [6.45, 7) is 1.96. The SMILES string of the molecule is CCCCS(=O)(=O)Nc1ccccc1Oc1ccc2ncccc2c1. The third-order valence-corrected chi connectivity index (χ3v) is 5.08. The summed E-state index contributed by atoms with van der Waals surface area (Å²) in [6.07, 6.45) is 3.18. The molecular weight excluding hydrogens is 336 g/mol. The maximum Gasteiger partial charge on any atom is 0.232 e. The molecule has 1 N–H and O–H groups in total. The van der Waals surface area contributed by atoms with Gasteiger partial charge < -0.3 is 4.74 Å². The Morgan fingerprint density at radius 1 is 1.08 bits per heavy atom. The fourth-order valence-corrected chi connectivity index (χ4v) is 3.71. The highest BCUT2D eigenvalue weighted by Crippen LogP contribution is 2.31. The highest BCUT2D eigenvalue weighted by atomic mass is 32.2. The van der Waals surface area contributed by atoms with E-state index in [1.807, 2.05) is 43.3 Å². The first kappa shape index (κ1) is 17.2. The topological polar surface area (TPSA) is 68.3 Å². The van der Waals surface area contributed by atoms with Gasteiger partial charge in [-0.3, -0.25) is 9.71 Å². The van der Waals surface area contributed by atoms with E-state index in [4.69, 9.17) is 4.74 Å². The molecule has 0 fully saturated rings. The van der Waals surface area contributed by atoms with Crippen LogP contribution in [-0.4, -0.2) is 19.2 Å². The highest BCUT2D eigenvalue weighted by Gasteiger charge is 2.13. The minimum absolute atomic E-state index is 0.0967. The molecule has 3 aromatic rings. The van der Waals surface area contributed by atoms with Gasteiger partial charge in [0, 0.05) is 11.6 Å². The van der Waals surface area contributed by atoms with E-state index in [1.54, 1.807) is 24.4 Å². The largest absolute Gasteiger partial charge is 0.455 e. The number of rotatable bonds is 7. The van der Waals surface area contributed by atoms with Crippen molar-refractivity contribution in [2.45, 2.75) is 19.8 Å². The Labute approximate surface area is 147 Å². The Bertz CT molecular complexity index is 971. The van der Waals surface area contributed by atoms with Gasteiger partial charge in [-0.1, -0.05) is 31.5 Å². The van der Waals surface area contributed by atoms with Crippen molar-refractivity contribution in [3.8, 4) is 11.5 Å². The summed E-state index contributed by atoms with van der Waals surface area (Å²) in [5.74, 6) is 1.19. The molecule has 0 radical (unpaired) electrons. The molecule has 0 aliphatic heterocycles. The molecule has 0 unspecified atom stereocenters. The molecule has 130 valence electrons. The van der Waals surface area contributed by atoms with E-state index >= 15 is 0 Å². The van der Waals surface area contributed by atoms with Gasteiger partial charge >= 0.3 is 0 Å². The van der Waals surface area contributed by atoms with Crippen molar-refractivity contribution in [1.29, 1.82) is 0 Å². The molecule has 6 heteroatoms. The van der Waals surface area contributed by atoms with Crippen molar-refractivity contribution in [2.75, 3.05) is 10.5 Å². The van der Waals surface area contributed by atoms with Crippen LogP contribution in [0.1, 0.15) is 19.8 Å². The monoisotopic (exact) mass is 356 g/mol. The average molecular weight is 356 g/mol. The Hall–Kier alpha value is -2.60. The number of unbranched alkanes of at least 4 members (excludes halogenated alkanes) is 1. The molecule has 0 saturated carbocycles. The van der Waals surface area contributed by atoms with Crippen LogP contribution in [0.5, 0.6) is 11.5 Å². The summed E-state index contributed by atoms with van der Waals surface area (Å²) < 4.78 is 32.9.